The minimum atomic E-state index is -0.258. The van der Waals surface area contributed by atoms with Crippen molar-refractivity contribution in [2.45, 2.75) is 13.5 Å². The molecule has 0 aliphatic carbocycles. The molecule has 1 rings (SSSR count). The maximum absolute atomic E-state index is 11.7. The summed E-state index contributed by atoms with van der Waals surface area (Å²) in [7, 11) is 1.86. The highest BCUT2D eigenvalue weighted by molar-refractivity contribution is 5.85. The van der Waals surface area contributed by atoms with Crippen LogP contribution in [0.3, 0.4) is 0 Å². The standard InChI is InChI=1S/C13H20N2O2.ClH/c1-3-15(10-9-14-2)13(16)17-11-12-7-5-4-6-8-12;/h4-8,14H,3,9-11H2,1-2H3;1H. The summed E-state index contributed by atoms with van der Waals surface area (Å²) in [5.41, 5.74) is 1.01. The van der Waals surface area contributed by atoms with Gasteiger partial charge in [0.2, 0.25) is 0 Å². The smallest absolute Gasteiger partial charge is 0.410 e. The number of carbonyl (C=O) groups is 1. The van der Waals surface area contributed by atoms with Crippen LogP contribution in [-0.4, -0.2) is 37.7 Å². The highest BCUT2D eigenvalue weighted by Gasteiger charge is 2.11. The maximum atomic E-state index is 11.7. The second-order valence-electron chi connectivity index (χ2n) is 3.72. The average molecular weight is 273 g/mol. The molecule has 0 saturated heterocycles. The quantitative estimate of drug-likeness (QED) is 0.864. The fourth-order valence-corrected chi connectivity index (χ4v) is 1.44. The molecular formula is C13H21ClN2O2. The van der Waals surface area contributed by atoms with E-state index in [4.69, 9.17) is 4.74 Å². The van der Waals surface area contributed by atoms with Gasteiger partial charge in [0, 0.05) is 19.6 Å². The number of hydrogen-bond acceptors (Lipinski definition) is 3. The van der Waals surface area contributed by atoms with Crippen molar-refractivity contribution < 1.29 is 9.53 Å². The molecular weight excluding hydrogens is 252 g/mol. The molecule has 0 saturated carbocycles. The van der Waals surface area contributed by atoms with Crippen molar-refractivity contribution in [2.24, 2.45) is 0 Å². The Balaban J connectivity index is 0.00000289. The monoisotopic (exact) mass is 272 g/mol. The van der Waals surface area contributed by atoms with E-state index in [1.165, 1.54) is 0 Å². The molecule has 1 N–H and O–H groups in total. The van der Waals surface area contributed by atoms with Crippen molar-refractivity contribution in [3.8, 4) is 0 Å². The molecule has 0 heterocycles. The van der Waals surface area contributed by atoms with Gasteiger partial charge in [0.15, 0.2) is 0 Å². The van der Waals surface area contributed by atoms with Crippen LogP contribution in [0.15, 0.2) is 30.3 Å². The number of amides is 1. The molecule has 0 unspecified atom stereocenters. The summed E-state index contributed by atoms with van der Waals surface area (Å²) in [6.07, 6.45) is -0.258. The van der Waals surface area contributed by atoms with Crippen LogP contribution in [0.1, 0.15) is 12.5 Å². The van der Waals surface area contributed by atoms with Gasteiger partial charge in [-0.2, -0.15) is 0 Å². The van der Waals surface area contributed by atoms with Crippen LogP contribution >= 0.6 is 12.4 Å². The first-order chi connectivity index (χ1) is 8.27. The third-order valence-electron chi connectivity index (χ3n) is 2.48. The molecule has 0 atom stereocenters. The Kier molecular flexibility index (Phi) is 9.06. The Morgan fingerprint density at radius 1 is 1.33 bits per heavy atom. The molecule has 102 valence electrons. The summed E-state index contributed by atoms with van der Waals surface area (Å²) in [6, 6.07) is 9.69. The number of ether oxygens (including phenoxy) is 1. The van der Waals surface area contributed by atoms with Crippen molar-refractivity contribution in [3.63, 3.8) is 0 Å². The van der Waals surface area contributed by atoms with E-state index >= 15 is 0 Å². The fraction of sp³-hybridized carbons (Fsp3) is 0.462. The third kappa shape index (κ3) is 5.89. The lowest BCUT2D eigenvalue weighted by molar-refractivity contribution is 0.0984. The highest BCUT2D eigenvalue weighted by Crippen LogP contribution is 2.02. The molecule has 18 heavy (non-hydrogen) atoms. The summed E-state index contributed by atoms with van der Waals surface area (Å²) in [5, 5.41) is 3.01. The summed E-state index contributed by atoms with van der Waals surface area (Å²) in [6.45, 7) is 4.37. The van der Waals surface area contributed by atoms with E-state index in [-0.39, 0.29) is 18.5 Å². The van der Waals surface area contributed by atoms with Gasteiger partial charge >= 0.3 is 6.09 Å². The molecule has 1 amide bonds. The first-order valence-electron chi connectivity index (χ1n) is 5.88. The second-order valence-corrected chi connectivity index (χ2v) is 3.72. The zero-order valence-corrected chi connectivity index (χ0v) is 11.7. The predicted molar refractivity (Wildman–Crippen MR) is 75.0 cm³/mol. The van der Waals surface area contributed by atoms with Crippen molar-refractivity contribution in [3.05, 3.63) is 35.9 Å². The van der Waals surface area contributed by atoms with Crippen molar-refractivity contribution in [1.82, 2.24) is 10.2 Å². The molecule has 0 aromatic heterocycles. The molecule has 4 nitrogen and oxygen atoms in total. The van der Waals surface area contributed by atoms with Gasteiger partial charge in [-0.05, 0) is 19.5 Å². The lowest BCUT2D eigenvalue weighted by atomic mass is 10.2. The van der Waals surface area contributed by atoms with E-state index in [9.17, 15) is 4.79 Å². The summed E-state index contributed by atoms with van der Waals surface area (Å²) >= 11 is 0. The van der Waals surface area contributed by atoms with Gasteiger partial charge in [-0.25, -0.2) is 4.79 Å². The van der Waals surface area contributed by atoms with Crippen LogP contribution < -0.4 is 5.32 Å². The van der Waals surface area contributed by atoms with Crippen LogP contribution in [0.4, 0.5) is 4.79 Å². The lowest BCUT2D eigenvalue weighted by Crippen LogP contribution is -2.36. The van der Waals surface area contributed by atoms with Gasteiger partial charge in [-0.15, -0.1) is 12.4 Å². The van der Waals surface area contributed by atoms with Crippen LogP contribution in [0, 0.1) is 0 Å². The number of likely N-dealkylation sites (N-methyl/N-ethyl adjacent to an activating group) is 2. The summed E-state index contributed by atoms with van der Waals surface area (Å²) < 4.78 is 5.24. The van der Waals surface area contributed by atoms with E-state index in [0.29, 0.717) is 19.7 Å². The SMILES string of the molecule is CCN(CCNC)C(=O)OCc1ccccc1.Cl. The number of halogens is 1. The maximum Gasteiger partial charge on any atom is 0.410 e. The van der Waals surface area contributed by atoms with E-state index in [0.717, 1.165) is 12.1 Å². The summed E-state index contributed by atoms with van der Waals surface area (Å²) in [5.74, 6) is 0. The number of nitrogens with one attached hydrogen (secondary N) is 1. The number of hydrogen-bond donors (Lipinski definition) is 1. The minimum absolute atomic E-state index is 0. The van der Waals surface area contributed by atoms with Gasteiger partial charge < -0.3 is 15.0 Å². The Labute approximate surface area is 115 Å². The third-order valence-corrected chi connectivity index (χ3v) is 2.48. The van der Waals surface area contributed by atoms with Gasteiger partial charge in [-0.1, -0.05) is 30.3 Å². The lowest BCUT2D eigenvalue weighted by Gasteiger charge is -2.20. The number of carbonyl (C=O) groups excluding carboxylic acids is 1. The first-order valence-corrected chi connectivity index (χ1v) is 5.88. The largest absolute Gasteiger partial charge is 0.445 e. The van der Waals surface area contributed by atoms with Crippen molar-refractivity contribution in [2.75, 3.05) is 26.7 Å². The molecule has 0 spiro atoms. The molecule has 0 aliphatic rings. The number of nitrogens with zero attached hydrogens (tertiary/aromatic N) is 1. The fourth-order valence-electron chi connectivity index (χ4n) is 1.44. The zero-order valence-electron chi connectivity index (χ0n) is 10.9. The Hall–Kier alpha value is -1.26. The van der Waals surface area contributed by atoms with Crippen LogP contribution in [0.5, 0.6) is 0 Å². The highest BCUT2D eigenvalue weighted by atomic mass is 35.5. The topological polar surface area (TPSA) is 41.6 Å². The Morgan fingerprint density at radius 3 is 2.56 bits per heavy atom. The van der Waals surface area contributed by atoms with Gasteiger partial charge in [0.25, 0.3) is 0 Å². The predicted octanol–water partition coefficient (Wildman–Crippen LogP) is 2.29. The van der Waals surface area contributed by atoms with Crippen LogP contribution in [0.25, 0.3) is 0 Å². The first kappa shape index (κ1) is 16.7. The second kappa shape index (κ2) is 9.74. The molecule has 0 fully saturated rings. The average Bonchev–Trinajstić information content (AvgIpc) is 2.38. The van der Waals surface area contributed by atoms with E-state index in [1.807, 2.05) is 44.3 Å². The van der Waals surface area contributed by atoms with Crippen LogP contribution in [-0.2, 0) is 11.3 Å². The summed E-state index contributed by atoms with van der Waals surface area (Å²) in [4.78, 5) is 13.4. The Morgan fingerprint density at radius 2 is 2.00 bits per heavy atom. The van der Waals surface area contributed by atoms with E-state index in [2.05, 4.69) is 5.32 Å². The molecule has 1 aromatic carbocycles. The van der Waals surface area contributed by atoms with Crippen LogP contribution in [0.2, 0.25) is 0 Å². The Bertz CT molecular complexity index is 333. The van der Waals surface area contributed by atoms with Gasteiger partial charge in [0.05, 0.1) is 0 Å². The molecule has 0 bridgehead atoms. The number of benzene rings is 1. The van der Waals surface area contributed by atoms with E-state index in [1.54, 1.807) is 4.90 Å². The minimum Gasteiger partial charge on any atom is -0.445 e. The molecule has 0 aliphatic heterocycles. The zero-order chi connectivity index (χ0) is 12.5. The van der Waals surface area contributed by atoms with Gasteiger partial charge in [-0.3, -0.25) is 0 Å². The molecule has 0 radical (unpaired) electrons. The normalized spacial score (nSPS) is 9.44. The van der Waals surface area contributed by atoms with Crippen molar-refractivity contribution in [1.29, 1.82) is 0 Å². The molecule has 1 aromatic rings. The number of rotatable bonds is 6. The molecule has 5 heteroatoms. The van der Waals surface area contributed by atoms with Gasteiger partial charge in [0.1, 0.15) is 6.61 Å². The van der Waals surface area contributed by atoms with Crippen molar-refractivity contribution >= 4 is 18.5 Å². The van der Waals surface area contributed by atoms with E-state index < -0.39 is 0 Å².